The Balaban J connectivity index is 0.583. The molecule has 0 saturated heterocycles. The van der Waals surface area contributed by atoms with E-state index < -0.39 is 0 Å². The van der Waals surface area contributed by atoms with E-state index in [9.17, 15) is 0 Å². The SMILES string of the molecule is c1ccc2c(-c3c4ccccc4cc4c3ccc3c(-c5c6ccccc6cc6c5ccc5c(-c7c8ccccc8cc8c7ccc7c(-c9cccc%10c9ccc9c(-c%11cccc%12c%11ccc%11c(-c%13cccc%14c%13ccc%13c(-c%15cccc%16ccccc%15%16)c%15ccccc%15cc%13%14)c%13ccccc%13cc%11%12)c%11ccccc%11cc9%10)cccc78)cccc56)cccc34)cccc2c1. The van der Waals surface area contributed by atoms with Crippen LogP contribution in [0.15, 0.2) is 449 Å². The molecule has 0 aromatic heterocycles. The van der Waals surface area contributed by atoms with Crippen LogP contribution in [0.25, 0.3) is 293 Å². The fourth-order valence-electron chi connectivity index (χ4n) is 23.4. The van der Waals surface area contributed by atoms with Crippen molar-refractivity contribution in [3.05, 3.63) is 449 Å². The molecule has 28 aromatic carbocycles. The van der Waals surface area contributed by atoms with Gasteiger partial charge in [0.05, 0.1) is 0 Å². The molecule has 0 heterocycles. The van der Waals surface area contributed by atoms with Crippen LogP contribution in [0.5, 0.6) is 0 Å². The van der Waals surface area contributed by atoms with Crippen LogP contribution in [0.2, 0.25) is 0 Å². The van der Waals surface area contributed by atoms with Crippen molar-refractivity contribution < 1.29 is 0 Å². The Morgan fingerprint density at radius 3 is 0.430 bits per heavy atom. The van der Waals surface area contributed by atoms with Crippen LogP contribution in [0.1, 0.15) is 0 Å². The monoisotopic (exact) mass is 1610 g/mol. The molecule has 0 aliphatic heterocycles. The van der Waals surface area contributed by atoms with Crippen molar-refractivity contribution >= 4 is 215 Å². The summed E-state index contributed by atoms with van der Waals surface area (Å²) in [5.41, 5.74) is 17.4. The van der Waals surface area contributed by atoms with Gasteiger partial charge in [0.25, 0.3) is 0 Å². The molecule has 0 fully saturated rings. The van der Waals surface area contributed by atoms with Gasteiger partial charge in [0, 0.05) is 0 Å². The fraction of sp³-hybridized carbons (Fsp3) is 0. The van der Waals surface area contributed by atoms with E-state index in [1.165, 1.54) is 293 Å². The smallest absolute Gasteiger partial charge is 0.00204 e. The summed E-state index contributed by atoms with van der Waals surface area (Å²) < 4.78 is 0. The molecule has 0 N–H and O–H groups in total. The maximum atomic E-state index is 2.45. The van der Waals surface area contributed by atoms with Gasteiger partial charge in [-0.25, -0.2) is 0 Å². The molecule has 0 unspecified atom stereocenters. The van der Waals surface area contributed by atoms with Gasteiger partial charge >= 0.3 is 0 Å². The summed E-state index contributed by atoms with van der Waals surface area (Å²) in [6.45, 7) is 0. The highest BCUT2D eigenvalue weighted by molar-refractivity contribution is 6.34. The highest BCUT2D eigenvalue weighted by Gasteiger charge is 2.26. The van der Waals surface area contributed by atoms with Crippen LogP contribution < -0.4 is 0 Å². The highest BCUT2D eigenvalue weighted by atomic mass is 14.3. The van der Waals surface area contributed by atoms with E-state index in [-0.39, 0.29) is 0 Å². The first-order valence-corrected chi connectivity index (χ1v) is 44.7. The van der Waals surface area contributed by atoms with Crippen molar-refractivity contribution in [1.29, 1.82) is 0 Å². The van der Waals surface area contributed by atoms with Gasteiger partial charge in [-0.1, -0.05) is 413 Å². The minimum Gasteiger partial charge on any atom is -0.0616 e. The summed E-state index contributed by atoms with van der Waals surface area (Å²) in [6, 6.07) is 171. The zero-order chi connectivity index (χ0) is 83.5. The largest absolute Gasteiger partial charge is 0.0616 e. The summed E-state index contributed by atoms with van der Waals surface area (Å²) >= 11 is 0. The average molecular weight is 1610 g/mol. The van der Waals surface area contributed by atoms with E-state index in [0.29, 0.717) is 0 Å². The Kier molecular flexibility index (Phi) is 15.2. The van der Waals surface area contributed by atoms with Gasteiger partial charge in [0.2, 0.25) is 0 Å². The molecule has 0 amide bonds. The predicted octanol–water partition coefficient (Wildman–Crippen LogP) is 36.4. The normalized spacial score (nSPS) is 12.2. The van der Waals surface area contributed by atoms with Gasteiger partial charge < -0.3 is 0 Å². The molecule has 0 spiro atoms. The van der Waals surface area contributed by atoms with Crippen molar-refractivity contribution in [2.24, 2.45) is 0 Å². The first-order chi connectivity index (χ1) is 63.5. The van der Waals surface area contributed by atoms with Crippen LogP contribution in [-0.4, -0.2) is 0 Å². The van der Waals surface area contributed by atoms with E-state index in [4.69, 9.17) is 0 Å². The molecule has 0 saturated carbocycles. The third-order valence-corrected chi connectivity index (χ3v) is 28.9. The van der Waals surface area contributed by atoms with Crippen LogP contribution >= 0.6 is 0 Å². The summed E-state index contributed by atoms with van der Waals surface area (Å²) in [5.74, 6) is 0. The second-order valence-electron chi connectivity index (χ2n) is 35.3. The molecule has 0 aliphatic rings. The second kappa shape index (κ2) is 27.4. The standard InChI is InChI=1S/C128H74/c1-9-35-83-75(25-1)33-17-51-105(83)123-85-37-11-3-27-77(85)71-119-95-47-21-55-109(101(95)59-65-111(119)123)127-89-41-15-7-31-81(89)73-121-97-49-23-53-107(103(97)61-67-115(121)127)125-87-39-13-5-29-79(87)69-117-93-45-19-43-91(99(93)57-63-113(117)125)92-44-20-46-94-100(92)58-64-114-118(94)70-80-30-6-14-40-88(80)126(114)108-54-24-50-98-104(108)62-68-116-122(98)74-82-32-8-16-42-90(82)128(116)110-56-22-48-96-102(110)60-66-112-120(96)72-78-28-4-12-38-86(78)124(112)106-52-18-34-76-26-2-10-36-84(76)106/h1-74H. The Labute approximate surface area is 736 Å². The number of benzene rings is 28. The fourth-order valence-corrected chi connectivity index (χ4v) is 23.4. The number of rotatable bonds is 7. The maximum absolute atomic E-state index is 2.45. The Morgan fingerprint density at radius 2 is 0.211 bits per heavy atom. The van der Waals surface area contributed by atoms with E-state index in [0.717, 1.165) is 0 Å². The summed E-state index contributed by atoms with van der Waals surface area (Å²) in [4.78, 5) is 0. The Bertz CT molecular complexity index is 9270. The van der Waals surface area contributed by atoms with Crippen molar-refractivity contribution in [3.63, 3.8) is 0 Å². The number of hydrogen-bond donors (Lipinski definition) is 0. The van der Waals surface area contributed by atoms with Gasteiger partial charge in [-0.05, 0) is 330 Å². The third-order valence-electron chi connectivity index (χ3n) is 28.9. The lowest BCUT2D eigenvalue weighted by atomic mass is 9.83. The van der Waals surface area contributed by atoms with Crippen LogP contribution in [-0.2, 0) is 0 Å². The van der Waals surface area contributed by atoms with Crippen LogP contribution in [0.4, 0.5) is 0 Å². The van der Waals surface area contributed by atoms with E-state index in [1.54, 1.807) is 0 Å². The lowest BCUT2D eigenvalue weighted by molar-refractivity contribution is 1.70. The molecule has 128 heavy (non-hydrogen) atoms. The van der Waals surface area contributed by atoms with Crippen molar-refractivity contribution in [2.45, 2.75) is 0 Å². The molecular formula is C128H74. The van der Waals surface area contributed by atoms with Gasteiger partial charge in [-0.2, -0.15) is 0 Å². The van der Waals surface area contributed by atoms with Crippen molar-refractivity contribution in [2.75, 3.05) is 0 Å². The molecule has 28 rings (SSSR count). The number of hydrogen-bond acceptors (Lipinski definition) is 0. The molecular weight excluding hydrogens is 1540 g/mol. The topological polar surface area (TPSA) is 0 Å². The molecule has 0 radical (unpaired) electrons. The van der Waals surface area contributed by atoms with Gasteiger partial charge in [0.15, 0.2) is 0 Å². The van der Waals surface area contributed by atoms with Crippen LogP contribution in [0.3, 0.4) is 0 Å². The minimum atomic E-state index is 1.22. The Hall–Kier alpha value is -16.6. The molecule has 28 aromatic rings. The van der Waals surface area contributed by atoms with Gasteiger partial charge in [0.1, 0.15) is 0 Å². The zero-order valence-corrected chi connectivity index (χ0v) is 69.7. The second-order valence-corrected chi connectivity index (χ2v) is 35.3. The highest BCUT2D eigenvalue weighted by Crippen LogP contribution is 2.54. The predicted molar refractivity (Wildman–Crippen MR) is 555 cm³/mol. The molecule has 0 heteroatoms. The first-order valence-electron chi connectivity index (χ1n) is 44.7. The Morgan fingerprint density at radius 1 is 0.0703 bits per heavy atom. The summed E-state index contributed by atoms with van der Waals surface area (Å²) in [7, 11) is 0. The van der Waals surface area contributed by atoms with E-state index in [2.05, 4.69) is 449 Å². The lowest BCUT2D eigenvalue weighted by Crippen LogP contribution is -1.92. The molecule has 0 nitrogen and oxygen atoms in total. The zero-order valence-electron chi connectivity index (χ0n) is 69.7. The van der Waals surface area contributed by atoms with E-state index >= 15 is 0 Å². The van der Waals surface area contributed by atoms with Crippen LogP contribution in [0, 0.1) is 0 Å². The minimum absolute atomic E-state index is 1.22. The van der Waals surface area contributed by atoms with E-state index in [1.807, 2.05) is 0 Å². The molecule has 0 bridgehead atoms. The maximum Gasteiger partial charge on any atom is -0.00204 e. The first kappa shape index (κ1) is 70.8. The summed E-state index contributed by atoms with van der Waals surface area (Å²) in [6.07, 6.45) is 0. The number of fused-ring (bicyclic) bond motifs is 26. The third kappa shape index (κ3) is 10.3. The quantitative estimate of drug-likeness (QED) is 0.110. The summed E-state index contributed by atoms with van der Waals surface area (Å²) in [5, 5.41) is 49.6. The van der Waals surface area contributed by atoms with Gasteiger partial charge in [-0.15, -0.1) is 0 Å². The van der Waals surface area contributed by atoms with Crippen molar-refractivity contribution in [3.8, 4) is 77.9 Å². The molecule has 0 atom stereocenters. The average Bonchev–Trinajstić information content (AvgIpc) is 0.718. The van der Waals surface area contributed by atoms with Crippen molar-refractivity contribution in [1.82, 2.24) is 0 Å². The lowest BCUT2D eigenvalue weighted by Gasteiger charge is -2.20. The van der Waals surface area contributed by atoms with Gasteiger partial charge in [-0.3, -0.25) is 0 Å². The molecule has 0 aliphatic carbocycles. The molecule has 586 valence electrons.